The molecule has 0 aliphatic rings. The highest BCUT2D eigenvalue weighted by molar-refractivity contribution is 14.0. The Morgan fingerprint density at radius 2 is 1.96 bits per heavy atom. The fraction of sp³-hybridized carbons (Fsp3) is 0.562. The zero-order chi connectivity index (χ0) is 16.9. The van der Waals surface area contributed by atoms with E-state index in [0.717, 1.165) is 13.0 Å². The summed E-state index contributed by atoms with van der Waals surface area (Å²) >= 11 is 0. The summed E-state index contributed by atoms with van der Waals surface area (Å²) in [5.74, 6) is 0.786. The van der Waals surface area contributed by atoms with Gasteiger partial charge in [-0.05, 0) is 26.3 Å². The Morgan fingerprint density at radius 1 is 1.21 bits per heavy atom. The second kappa shape index (κ2) is 14.2. The van der Waals surface area contributed by atoms with Gasteiger partial charge in [-0.15, -0.1) is 24.0 Å². The third-order valence-electron chi connectivity index (χ3n) is 2.90. The molecule has 0 bridgehead atoms. The maximum atomic E-state index is 12.4. The lowest BCUT2D eigenvalue weighted by atomic mass is 10.2. The van der Waals surface area contributed by atoms with Crippen LogP contribution in [0.2, 0.25) is 0 Å². The number of benzene rings is 1. The molecule has 24 heavy (non-hydrogen) atoms. The van der Waals surface area contributed by atoms with Gasteiger partial charge in [0.25, 0.3) is 0 Å². The minimum absolute atomic E-state index is 0. The molecule has 5 nitrogen and oxygen atoms in total. The van der Waals surface area contributed by atoms with Crippen molar-refractivity contribution in [1.82, 2.24) is 10.6 Å². The Hall–Kier alpha value is -1.16. The molecule has 1 aromatic carbocycles. The van der Waals surface area contributed by atoms with Crippen LogP contribution >= 0.6 is 24.0 Å². The van der Waals surface area contributed by atoms with Crippen molar-refractivity contribution in [3.8, 4) is 5.75 Å². The lowest BCUT2D eigenvalue weighted by Crippen LogP contribution is -2.38. The summed E-state index contributed by atoms with van der Waals surface area (Å²) in [5, 5.41) is 6.29. The number of para-hydroxylation sites is 1. The standard InChI is InChI=1S/C16H25F2N3O2.HI/c1-3-19-16(20-10-7-11-22-4-2)21-12-13-8-5-6-9-14(13)23-15(17)18;/h5-6,8-9,15H,3-4,7,10-12H2,1-2H3,(H2,19,20,21);1H. The average molecular weight is 457 g/mol. The number of ether oxygens (including phenoxy) is 2. The van der Waals surface area contributed by atoms with Crippen molar-refractivity contribution in [2.45, 2.75) is 33.4 Å². The van der Waals surface area contributed by atoms with Crippen LogP contribution in [0.15, 0.2) is 29.3 Å². The predicted octanol–water partition coefficient (Wildman–Crippen LogP) is 3.39. The summed E-state index contributed by atoms with van der Waals surface area (Å²) < 4.78 is 34.6. The second-order valence-electron chi connectivity index (χ2n) is 4.66. The summed E-state index contributed by atoms with van der Waals surface area (Å²) in [6.07, 6.45) is 0.864. The van der Waals surface area contributed by atoms with Crippen molar-refractivity contribution in [1.29, 1.82) is 0 Å². The lowest BCUT2D eigenvalue weighted by Gasteiger charge is -2.12. The number of guanidine groups is 1. The Kier molecular flexibility index (Phi) is 13.5. The van der Waals surface area contributed by atoms with Gasteiger partial charge in [0.2, 0.25) is 0 Å². The van der Waals surface area contributed by atoms with E-state index >= 15 is 0 Å². The summed E-state index contributed by atoms with van der Waals surface area (Å²) in [6.45, 7) is 4.16. The molecule has 0 heterocycles. The zero-order valence-corrected chi connectivity index (χ0v) is 16.4. The largest absolute Gasteiger partial charge is 0.434 e. The highest BCUT2D eigenvalue weighted by atomic mass is 127. The van der Waals surface area contributed by atoms with Gasteiger partial charge in [-0.25, -0.2) is 4.99 Å². The number of halogens is 3. The van der Waals surface area contributed by atoms with Gasteiger partial charge in [0, 0.05) is 31.9 Å². The Balaban J connectivity index is 0.00000529. The van der Waals surface area contributed by atoms with Crippen molar-refractivity contribution in [2.24, 2.45) is 4.99 Å². The van der Waals surface area contributed by atoms with E-state index in [2.05, 4.69) is 20.4 Å². The van der Waals surface area contributed by atoms with Gasteiger partial charge >= 0.3 is 6.61 Å². The molecule has 0 aliphatic heterocycles. The molecule has 0 radical (unpaired) electrons. The summed E-state index contributed by atoms with van der Waals surface area (Å²) in [7, 11) is 0. The van der Waals surface area contributed by atoms with E-state index in [1.165, 1.54) is 6.07 Å². The highest BCUT2D eigenvalue weighted by Gasteiger charge is 2.08. The van der Waals surface area contributed by atoms with Crippen LogP contribution in [-0.2, 0) is 11.3 Å². The first kappa shape index (κ1) is 22.8. The molecule has 0 spiro atoms. The van der Waals surface area contributed by atoms with Gasteiger partial charge in [-0.2, -0.15) is 8.78 Å². The smallest absolute Gasteiger partial charge is 0.387 e. The molecule has 0 amide bonds. The second-order valence-corrected chi connectivity index (χ2v) is 4.66. The molecule has 1 aromatic rings. The molecule has 8 heteroatoms. The minimum Gasteiger partial charge on any atom is -0.434 e. The van der Waals surface area contributed by atoms with Crippen LogP contribution in [-0.4, -0.2) is 38.9 Å². The van der Waals surface area contributed by atoms with Crippen molar-refractivity contribution in [3.05, 3.63) is 29.8 Å². The fourth-order valence-corrected chi connectivity index (χ4v) is 1.88. The first-order valence-electron chi connectivity index (χ1n) is 7.80. The van der Waals surface area contributed by atoms with Crippen LogP contribution in [0.4, 0.5) is 8.78 Å². The van der Waals surface area contributed by atoms with Crippen LogP contribution in [0.25, 0.3) is 0 Å². The number of hydrogen-bond donors (Lipinski definition) is 2. The molecule has 0 atom stereocenters. The molecule has 0 fully saturated rings. The van der Waals surface area contributed by atoms with Gasteiger partial charge < -0.3 is 20.1 Å². The van der Waals surface area contributed by atoms with Gasteiger partial charge in [0.05, 0.1) is 6.54 Å². The van der Waals surface area contributed by atoms with E-state index in [-0.39, 0.29) is 36.3 Å². The van der Waals surface area contributed by atoms with Crippen LogP contribution in [0.3, 0.4) is 0 Å². The molecule has 0 unspecified atom stereocenters. The molecule has 0 aromatic heterocycles. The predicted molar refractivity (Wildman–Crippen MR) is 102 cm³/mol. The zero-order valence-electron chi connectivity index (χ0n) is 14.1. The third kappa shape index (κ3) is 9.86. The highest BCUT2D eigenvalue weighted by Crippen LogP contribution is 2.20. The van der Waals surface area contributed by atoms with Crippen LogP contribution < -0.4 is 15.4 Å². The fourth-order valence-electron chi connectivity index (χ4n) is 1.88. The first-order chi connectivity index (χ1) is 11.2. The molecular weight excluding hydrogens is 431 g/mol. The number of nitrogens with one attached hydrogen (secondary N) is 2. The average Bonchev–Trinajstić information content (AvgIpc) is 2.53. The van der Waals surface area contributed by atoms with Crippen molar-refractivity contribution in [2.75, 3.05) is 26.3 Å². The Labute approximate surface area is 159 Å². The monoisotopic (exact) mass is 457 g/mol. The Bertz CT molecular complexity index is 476. The summed E-state index contributed by atoms with van der Waals surface area (Å²) in [5.41, 5.74) is 0.610. The molecule has 0 aliphatic carbocycles. The molecule has 1 rings (SSSR count). The number of hydrogen-bond acceptors (Lipinski definition) is 3. The topological polar surface area (TPSA) is 54.9 Å². The molecule has 0 saturated heterocycles. The maximum absolute atomic E-state index is 12.4. The molecule has 2 N–H and O–H groups in total. The van der Waals surface area contributed by atoms with Crippen LogP contribution in [0, 0.1) is 0 Å². The summed E-state index contributed by atoms with van der Waals surface area (Å²) in [4.78, 5) is 4.40. The number of rotatable bonds is 10. The third-order valence-corrected chi connectivity index (χ3v) is 2.90. The van der Waals surface area contributed by atoms with E-state index in [1.54, 1.807) is 18.2 Å². The van der Waals surface area contributed by atoms with Crippen molar-refractivity contribution >= 4 is 29.9 Å². The minimum atomic E-state index is -2.84. The van der Waals surface area contributed by atoms with E-state index in [9.17, 15) is 8.78 Å². The normalized spacial score (nSPS) is 11.1. The lowest BCUT2D eigenvalue weighted by molar-refractivity contribution is -0.0504. The quantitative estimate of drug-likeness (QED) is 0.245. The van der Waals surface area contributed by atoms with E-state index < -0.39 is 6.61 Å². The number of aliphatic imine (C=N–C) groups is 1. The van der Waals surface area contributed by atoms with E-state index in [4.69, 9.17) is 4.74 Å². The van der Waals surface area contributed by atoms with Crippen LogP contribution in [0.5, 0.6) is 5.75 Å². The van der Waals surface area contributed by atoms with Crippen LogP contribution in [0.1, 0.15) is 25.8 Å². The van der Waals surface area contributed by atoms with E-state index in [0.29, 0.717) is 31.3 Å². The molecular formula is C16H26F2IN3O2. The van der Waals surface area contributed by atoms with Gasteiger partial charge in [0.15, 0.2) is 5.96 Å². The summed E-state index contributed by atoms with van der Waals surface area (Å²) in [6, 6.07) is 6.66. The first-order valence-corrected chi connectivity index (χ1v) is 7.80. The number of alkyl halides is 2. The van der Waals surface area contributed by atoms with Gasteiger partial charge in [-0.1, -0.05) is 18.2 Å². The molecule has 138 valence electrons. The van der Waals surface area contributed by atoms with Gasteiger partial charge in [0.1, 0.15) is 5.75 Å². The van der Waals surface area contributed by atoms with Gasteiger partial charge in [-0.3, -0.25) is 0 Å². The number of nitrogens with zero attached hydrogens (tertiary/aromatic N) is 1. The molecule has 0 saturated carbocycles. The van der Waals surface area contributed by atoms with Crippen molar-refractivity contribution in [3.63, 3.8) is 0 Å². The SMILES string of the molecule is CCNC(=NCc1ccccc1OC(F)F)NCCCOCC.I. The van der Waals surface area contributed by atoms with E-state index in [1.807, 2.05) is 13.8 Å². The maximum Gasteiger partial charge on any atom is 0.387 e. The Morgan fingerprint density at radius 3 is 2.62 bits per heavy atom. The van der Waals surface area contributed by atoms with Crippen molar-refractivity contribution < 1.29 is 18.3 Å².